The van der Waals surface area contributed by atoms with Gasteiger partial charge in [-0.05, 0) is 56.1 Å². The number of rotatable bonds is 16. The van der Waals surface area contributed by atoms with Crippen molar-refractivity contribution in [2.24, 2.45) is 11.7 Å². The number of carboxylic acids is 1. The van der Waals surface area contributed by atoms with Crippen LogP contribution >= 0.6 is 23.5 Å². The number of nitrogens with two attached hydrogens (primary N) is 1. The first-order valence-electron chi connectivity index (χ1n) is 10.5. The lowest BCUT2D eigenvalue weighted by atomic mass is 10.0. The predicted molar refractivity (Wildman–Crippen MR) is 129 cm³/mol. The quantitative estimate of drug-likeness (QED) is 0.170. The number of nitrogens with one attached hydrogen (secondary N) is 3. The number of aliphatic hydroxyl groups excluding tert-OH is 1. The zero-order valence-electron chi connectivity index (χ0n) is 19.4. The van der Waals surface area contributed by atoms with E-state index in [0.717, 1.165) is 0 Å². The van der Waals surface area contributed by atoms with Gasteiger partial charge in [0.25, 0.3) is 0 Å². The summed E-state index contributed by atoms with van der Waals surface area (Å²) in [6, 6.07) is -4.25. The lowest BCUT2D eigenvalue weighted by Crippen LogP contribution is -2.60. The van der Waals surface area contributed by atoms with Gasteiger partial charge in [-0.3, -0.25) is 14.4 Å². The Morgan fingerprint density at radius 2 is 1.34 bits per heavy atom. The number of hydrogen-bond acceptors (Lipinski definition) is 8. The third-order valence-electron chi connectivity index (χ3n) is 4.59. The molecule has 0 aromatic rings. The fraction of sp³-hybridized carbons (Fsp3) is 0.800. The smallest absolute Gasteiger partial charge is 0.326 e. The van der Waals surface area contributed by atoms with Gasteiger partial charge >= 0.3 is 5.97 Å². The van der Waals surface area contributed by atoms with Crippen molar-refractivity contribution in [1.82, 2.24) is 16.0 Å². The van der Waals surface area contributed by atoms with Crippen LogP contribution in [0.25, 0.3) is 0 Å². The number of aliphatic hydroxyl groups is 1. The van der Waals surface area contributed by atoms with E-state index in [4.69, 9.17) is 5.73 Å². The van der Waals surface area contributed by atoms with Crippen molar-refractivity contribution in [3.8, 4) is 0 Å². The van der Waals surface area contributed by atoms with E-state index in [1.54, 1.807) is 0 Å². The van der Waals surface area contributed by atoms with E-state index in [9.17, 15) is 29.4 Å². The summed E-state index contributed by atoms with van der Waals surface area (Å²) in [4.78, 5) is 49.3. The zero-order valence-corrected chi connectivity index (χ0v) is 21.1. The third-order valence-corrected chi connectivity index (χ3v) is 5.88. The molecule has 0 saturated carbocycles. The standard InChI is InChI=1S/C20H38N4O6S2/c1-11(2)10-13(21)17(26)22-14(6-8-31-4)18(27)24-16(12(3)25)19(28)23-15(20(29)30)7-9-32-5/h11-16,25H,6-10,21H2,1-5H3,(H,22,26)(H,23,28)(H,24,27)(H,29,30). The number of carbonyl (C=O) groups excluding carboxylic acids is 3. The topological polar surface area (TPSA) is 171 Å². The van der Waals surface area contributed by atoms with Gasteiger partial charge in [0.1, 0.15) is 18.1 Å². The fourth-order valence-electron chi connectivity index (χ4n) is 2.81. The van der Waals surface area contributed by atoms with Gasteiger partial charge in [0.05, 0.1) is 12.1 Å². The molecule has 3 amide bonds. The van der Waals surface area contributed by atoms with Gasteiger partial charge in [-0.1, -0.05) is 13.8 Å². The van der Waals surface area contributed by atoms with E-state index >= 15 is 0 Å². The Bertz CT molecular complexity index is 621. The molecule has 186 valence electrons. The molecule has 0 aromatic heterocycles. The molecule has 0 bridgehead atoms. The second-order valence-electron chi connectivity index (χ2n) is 7.99. The van der Waals surface area contributed by atoms with Gasteiger partial charge in [0.15, 0.2) is 0 Å². The molecule has 0 saturated heterocycles. The Balaban J connectivity index is 5.32. The van der Waals surface area contributed by atoms with Crippen molar-refractivity contribution < 1.29 is 29.4 Å². The second-order valence-corrected chi connectivity index (χ2v) is 9.96. The SMILES string of the molecule is CSCCC(NC(=O)C(NC(=O)C(CCSC)NC(=O)C(N)CC(C)C)C(C)O)C(=O)O. The molecule has 0 aliphatic rings. The molecule has 0 fully saturated rings. The minimum atomic E-state index is -1.38. The van der Waals surface area contributed by atoms with Crippen LogP contribution < -0.4 is 21.7 Å². The summed E-state index contributed by atoms with van der Waals surface area (Å²) in [5, 5.41) is 26.8. The minimum absolute atomic E-state index is 0.197. The van der Waals surface area contributed by atoms with E-state index < -0.39 is 54.0 Å². The van der Waals surface area contributed by atoms with Gasteiger partial charge in [-0.2, -0.15) is 23.5 Å². The highest BCUT2D eigenvalue weighted by molar-refractivity contribution is 7.98. The maximum atomic E-state index is 12.9. The molecular weight excluding hydrogens is 456 g/mol. The van der Waals surface area contributed by atoms with Crippen LogP contribution in [0.1, 0.15) is 40.0 Å². The first-order chi connectivity index (χ1) is 14.9. The Labute approximate surface area is 198 Å². The van der Waals surface area contributed by atoms with Crippen molar-refractivity contribution in [3.05, 3.63) is 0 Å². The first kappa shape index (κ1) is 30.5. The zero-order chi connectivity index (χ0) is 24.8. The monoisotopic (exact) mass is 494 g/mol. The molecule has 10 nitrogen and oxygen atoms in total. The van der Waals surface area contributed by atoms with Crippen LogP contribution in [0.2, 0.25) is 0 Å². The van der Waals surface area contributed by atoms with Crippen molar-refractivity contribution in [2.75, 3.05) is 24.0 Å². The molecule has 5 atom stereocenters. The van der Waals surface area contributed by atoms with E-state index in [0.29, 0.717) is 24.3 Å². The number of carboxylic acid groups (broad SMARTS) is 1. The highest BCUT2D eigenvalue weighted by Crippen LogP contribution is 2.07. The summed E-state index contributed by atoms with van der Waals surface area (Å²) in [5.41, 5.74) is 5.91. The highest BCUT2D eigenvalue weighted by Gasteiger charge is 2.32. The van der Waals surface area contributed by atoms with Crippen LogP contribution in [0.15, 0.2) is 0 Å². The molecule has 0 spiro atoms. The number of aliphatic carboxylic acids is 1. The predicted octanol–water partition coefficient (Wildman–Crippen LogP) is -0.214. The number of carbonyl (C=O) groups is 4. The highest BCUT2D eigenvalue weighted by atomic mass is 32.2. The first-order valence-corrected chi connectivity index (χ1v) is 13.3. The number of hydrogen-bond donors (Lipinski definition) is 6. The second kappa shape index (κ2) is 16.2. The van der Waals surface area contributed by atoms with Gasteiger partial charge in [-0.15, -0.1) is 0 Å². The van der Waals surface area contributed by atoms with E-state index in [1.165, 1.54) is 30.4 Å². The number of amides is 3. The van der Waals surface area contributed by atoms with E-state index in [-0.39, 0.29) is 12.3 Å². The molecule has 0 heterocycles. The fourth-order valence-corrected chi connectivity index (χ4v) is 3.75. The summed E-state index contributed by atoms with van der Waals surface area (Å²) in [6.07, 6.45) is 3.34. The summed E-state index contributed by atoms with van der Waals surface area (Å²) < 4.78 is 0. The van der Waals surface area contributed by atoms with Crippen LogP contribution in [0, 0.1) is 5.92 Å². The third kappa shape index (κ3) is 11.9. The molecule has 0 aliphatic carbocycles. The average molecular weight is 495 g/mol. The Hall–Kier alpha value is -1.50. The normalized spacial score (nSPS) is 15.9. The largest absolute Gasteiger partial charge is 0.480 e. The van der Waals surface area contributed by atoms with Crippen molar-refractivity contribution in [3.63, 3.8) is 0 Å². The van der Waals surface area contributed by atoms with Gasteiger partial charge < -0.3 is 31.9 Å². The van der Waals surface area contributed by atoms with Gasteiger partial charge in [0, 0.05) is 0 Å². The van der Waals surface area contributed by atoms with Gasteiger partial charge in [-0.25, -0.2) is 4.79 Å². The molecule has 5 unspecified atom stereocenters. The maximum Gasteiger partial charge on any atom is 0.326 e. The van der Waals surface area contributed by atoms with Crippen molar-refractivity contribution in [1.29, 1.82) is 0 Å². The Kier molecular flexibility index (Phi) is 15.4. The molecule has 7 N–H and O–H groups in total. The number of thioether (sulfide) groups is 2. The summed E-state index contributed by atoms with van der Waals surface area (Å²) in [6.45, 7) is 5.18. The molecule has 0 rings (SSSR count). The van der Waals surface area contributed by atoms with Crippen molar-refractivity contribution >= 4 is 47.2 Å². The van der Waals surface area contributed by atoms with E-state index in [1.807, 2.05) is 26.4 Å². The molecule has 12 heteroatoms. The Morgan fingerprint density at radius 1 is 0.844 bits per heavy atom. The average Bonchev–Trinajstić information content (AvgIpc) is 2.70. The van der Waals surface area contributed by atoms with Crippen LogP contribution in [-0.4, -0.2) is 88.2 Å². The minimum Gasteiger partial charge on any atom is -0.480 e. The lowest BCUT2D eigenvalue weighted by Gasteiger charge is -2.26. The molecule has 0 aliphatic heterocycles. The lowest BCUT2D eigenvalue weighted by molar-refractivity contribution is -0.143. The van der Waals surface area contributed by atoms with E-state index in [2.05, 4.69) is 16.0 Å². The molecule has 0 aromatic carbocycles. The molecule has 32 heavy (non-hydrogen) atoms. The molecule has 0 radical (unpaired) electrons. The summed E-state index contributed by atoms with van der Waals surface area (Å²) in [7, 11) is 0. The van der Waals surface area contributed by atoms with Gasteiger partial charge in [0.2, 0.25) is 17.7 Å². The molecular formula is C20H38N4O6S2. The summed E-state index contributed by atoms with van der Waals surface area (Å²) >= 11 is 2.92. The summed E-state index contributed by atoms with van der Waals surface area (Å²) in [5.74, 6) is -1.85. The van der Waals surface area contributed by atoms with Crippen molar-refractivity contribution in [2.45, 2.75) is 70.3 Å². The maximum absolute atomic E-state index is 12.9. The Morgan fingerprint density at radius 3 is 1.78 bits per heavy atom. The van der Waals surface area contributed by atoms with Crippen LogP contribution in [0.4, 0.5) is 0 Å². The van der Waals surface area contributed by atoms with Crippen LogP contribution in [0.3, 0.4) is 0 Å². The van der Waals surface area contributed by atoms with Crippen LogP contribution in [-0.2, 0) is 19.2 Å². The van der Waals surface area contributed by atoms with Crippen LogP contribution in [0.5, 0.6) is 0 Å².